The van der Waals surface area contributed by atoms with E-state index in [0.29, 0.717) is 13.1 Å². The predicted octanol–water partition coefficient (Wildman–Crippen LogP) is 1.52. The van der Waals surface area contributed by atoms with E-state index >= 15 is 0 Å². The number of rotatable bonds is 3. The van der Waals surface area contributed by atoms with Crippen molar-refractivity contribution in [2.45, 2.75) is 30.6 Å². The smallest absolute Gasteiger partial charge is 0.275 e. The summed E-state index contributed by atoms with van der Waals surface area (Å²) in [6, 6.07) is 0. The van der Waals surface area contributed by atoms with Crippen LogP contribution in [0.25, 0.3) is 0 Å². The second kappa shape index (κ2) is 4.69. The van der Waals surface area contributed by atoms with Crippen molar-refractivity contribution in [3.05, 3.63) is 11.9 Å². The Bertz CT molecular complexity index is 480. The van der Waals surface area contributed by atoms with Crippen molar-refractivity contribution in [2.24, 2.45) is 0 Å². The molecule has 0 radical (unpaired) electrons. The number of alkyl halides is 2. The molecule has 2 heterocycles. The number of H-pyrrole nitrogens is 1. The summed E-state index contributed by atoms with van der Waals surface area (Å²) in [7, 11) is -3.83. The Morgan fingerprint density at radius 2 is 1.94 bits per heavy atom. The molecular formula is C9H13F2N3O2S. The second-order valence-corrected chi connectivity index (χ2v) is 5.82. The van der Waals surface area contributed by atoms with Gasteiger partial charge in [-0.2, -0.15) is 9.40 Å². The lowest BCUT2D eigenvalue weighted by molar-refractivity contribution is 0.142. The molecule has 17 heavy (non-hydrogen) atoms. The number of aromatic amines is 1. The van der Waals surface area contributed by atoms with Crippen LogP contribution in [0.1, 0.15) is 31.4 Å². The van der Waals surface area contributed by atoms with Crippen molar-refractivity contribution >= 4 is 10.0 Å². The van der Waals surface area contributed by atoms with Gasteiger partial charge in [-0.05, 0) is 12.8 Å². The minimum Gasteiger partial charge on any atom is -0.275 e. The summed E-state index contributed by atoms with van der Waals surface area (Å²) in [5.74, 6) is 0. The molecule has 0 bridgehead atoms. The van der Waals surface area contributed by atoms with E-state index in [1.165, 1.54) is 4.31 Å². The van der Waals surface area contributed by atoms with Gasteiger partial charge in [0.2, 0.25) is 10.0 Å². The van der Waals surface area contributed by atoms with E-state index in [0.717, 1.165) is 25.5 Å². The molecule has 0 aliphatic carbocycles. The van der Waals surface area contributed by atoms with E-state index in [4.69, 9.17) is 0 Å². The number of sulfonamides is 1. The van der Waals surface area contributed by atoms with Crippen molar-refractivity contribution in [3.8, 4) is 0 Å². The molecular weight excluding hydrogens is 252 g/mol. The van der Waals surface area contributed by atoms with Gasteiger partial charge >= 0.3 is 0 Å². The normalized spacial score (nSPS) is 18.8. The van der Waals surface area contributed by atoms with E-state index < -0.39 is 27.0 Å². The van der Waals surface area contributed by atoms with Crippen LogP contribution in [0.4, 0.5) is 8.78 Å². The molecule has 0 atom stereocenters. The lowest BCUT2D eigenvalue weighted by Crippen LogP contribution is -2.35. The fourth-order valence-corrected chi connectivity index (χ4v) is 3.51. The van der Waals surface area contributed by atoms with Gasteiger partial charge in [-0.1, -0.05) is 6.42 Å². The molecule has 1 aliphatic heterocycles. The Morgan fingerprint density at radius 3 is 2.53 bits per heavy atom. The molecule has 1 aromatic heterocycles. The SMILES string of the molecule is O=S(=O)(c1cn[nH]c1C(F)F)N1CCCCC1. The molecule has 0 aromatic carbocycles. The van der Waals surface area contributed by atoms with Crippen molar-refractivity contribution in [1.29, 1.82) is 0 Å². The van der Waals surface area contributed by atoms with Gasteiger partial charge in [0.25, 0.3) is 6.43 Å². The average molecular weight is 265 g/mol. The molecule has 5 nitrogen and oxygen atoms in total. The van der Waals surface area contributed by atoms with Gasteiger partial charge < -0.3 is 0 Å². The first kappa shape index (κ1) is 12.4. The fourth-order valence-electron chi connectivity index (χ4n) is 1.89. The first-order chi connectivity index (χ1) is 8.03. The molecule has 1 saturated heterocycles. The Morgan fingerprint density at radius 1 is 1.29 bits per heavy atom. The number of nitrogens with one attached hydrogen (secondary N) is 1. The summed E-state index contributed by atoms with van der Waals surface area (Å²) in [4.78, 5) is -0.408. The molecule has 0 spiro atoms. The molecule has 0 amide bonds. The number of nitrogens with zero attached hydrogens (tertiary/aromatic N) is 2. The van der Waals surface area contributed by atoms with Crippen LogP contribution in [-0.2, 0) is 10.0 Å². The van der Waals surface area contributed by atoms with Crippen LogP contribution in [-0.4, -0.2) is 36.0 Å². The number of aromatic nitrogens is 2. The maximum atomic E-state index is 12.6. The third-order valence-electron chi connectivity index (χ3n) is 2.78. The van der Waals surface area contributed by atoms with Gasteiger partial charge in [0.1, 0.15) is 10.6 Å². The van der Waals surface area contributed by atoms with Crippen LogP contribution in [0.3, 0.4) is 0 Å². The van der Waals surface area contributed by atoms with Gasteiger partial charge in [0.15, 0.2) is 0 Å². The Labute approximate surface area is 97.9 Å². The lowest BCUT2D eigenvalue weighted by atomic mass is 10.2. The van der Waals surface area contributed by atoms with Crippen LogP contribution < -0.4 is 0 Å². The van der Waals surface area contributed by atoms with Gasteiger partial charge in [0.05, 0.1) is 6.20 Å². The monoisotopic (exact) mass is 265 g/mol. The predicted molar refractivity (Wildman–Crippen MR) is 56.2 cm³/mol. The van der Waals surface area contributed by atoms with Crippen LogP contribution in [0.2, 0.25) is 0 Å². The highest BCUT2D eigenvalue weighted by atomic mass is 32.2. The first-order valence-corrected chi connectivity index (χ1v) is 6.79. The van der Waals surface area contributed by atoms with Gasteiger partial charge in [-0.25, -0.2) is 17.2 Å². The maximum Gasteiger partial charge on any atom is 0.281 e. The second-order valence-electron chi connectivity index (χ2n) is 3.91. The molecule has 96 valence electrons. The zero-order chi connectivity index (χ0) is 12.5. The topological polar surface area (TPSA) is 66.1 Å². The average Bonchev–Trinajstić information content (AvgIpc) is 2.80. The van der Waals surface area contributed by atoms with Crippen molar-refractivity contribution in [3.63, 3.8) is 0 Å². The molecule has 1 aliphatic rings. The molecule has 1 N–H and O–H groups in total. The molecule has 1 fully saturated rings. The summed E-state index contributed by atoms with van der Waals surface area (Å²) in [5, 5.41) is 5.44. The summed E-state index contributed by atoms with van der Waals surface area (Å²) in [5.41, 5.74) is -0.629. The summed E-state index contributed by atoms with van der Waals surface area (Å²) in [6.07, 6.45) is 0.583. The van der Waals surface area contributed by atoms with Gasteiger partial charge in [-0.15, -0.1) is 0 Å². The quantitative estimate of drug-likeness (QED) is 0.901. The van der Waals surface area contributed by atoms with E-state index in [9.17, 15) is 17.2 Å². The Hall–Kier alpha value is -1.02. The van der Waals surface area contributed by atoms with E-state index in [1.807, 2.05) is 5.10 Å². The summed E-state index contributed by atoms with van der Waals surface area (Å²) in [6.45, 7) is 0.770. The highest BCUT2D eigenvalue weighted by Gasteiger charge is 2.31. The number of halogens is 2. The van der Waals surface area contributed by atoms with Crippen molar-refractivity contribution in [2.75, 3.05) is 13.1 Å². The van der Waals surface area contributed by atoms with E-state index in [2.05, 4.69) is 5.10 Å². The lowest BCUT2D eigenvalue weighted by Gasteiger charge is -2.25. The minimum atomic E-state index is -3.83. The van der Waals surface area contributed by atoms with Gasteiger partial charge in [-0.3, -0.25) is 5.10 Å². The summed E-state index contributed by atoms with van der Waals surface area (Å²) >= 11 is 0. The largest absolute Gasteiger partial charge is 0.281 e. The van der Waals surface area contributed by atoms with Crippen molar-refractivity contribution in [1.82, 2.24) is 14.5 Å². The molecule has 1 aromatic rings. The number of piperidine rings is 1. The number of hydrogen-bond donors (Lipinski definition) is 1. The fraction of sp³-hybridized carbons (Fsp3) is 0.667. The third kappa shape index (κ3) is 2.32. The Kier molecular flexibility index (Phi) is 3.43. The maximum absolute atomic E-state index is 12.6. The van der Waals surface area contributed by atoms with Crippen molar-refractivity contribution < 1.29 is 17.2 Å². The first-order valence-electron chi connectivity index (χ1n) is 5.35. The zero-order valence-electron chi connectivity index (χ0n) is 9.07. The highest BCUT2D eigenvalue weighted by Crippen LogP contribution is 2.27. The molecule has 8 heteroatoms. The molecule has 0 saturated carbocycles. The van der Waals surface area contributed by atoms with Crippen LogP contribution in [0.15, 0.2) is 11.1 Å². The van der Waals surface area contributed by atoms with Gasteiger partial charge in [0, 0.05) is 13.1 Å². The van der Waals surface area contributed by atoms with E-state index in [1.54, 1.807) is 0 Å². The molecule has 0 unspecified atom stereocenters. The zero-order valence-corrected chi connectivity index (χ0v) is 9.88. The van der Waals surface area contributed by atoms with E-state index in [-0.39, 0.29) is 0 Å². The number of hydrogen-bond acceptors (Lipinski definition) is 3. The van der Waals surface area contributed by atoms with Crippen LogP contribution in [0, 0.1) is 0 Å². The third-order valence-corrected chi connectivity index (χ3v) is 4.71. The standard InChI is InChI=1S/C9H13F2N3O2S/c10-9(11)8-7(6-12-13-8)17(15,16)14-4-2-1-3-5-14/h6,9H,1-5H2,(H,12,13). The van der Waals surface area contributed by atoms with Crippen LogP contribution in [0.5, 0.6) is 0 Å². The molecule has 2 rings (SSSR count). The Balaban J connectivity index is 2.33. The summed E-state index contributed by atoms with van der Waals surface area (Å²) < 4.78 is 50.7. The minimum absolute atomic E-state index is 0.385. The highest BCUT2D eigenvalue weighted by molar-refractivity contribution is 7.89. The van der Waals surface area contributed by atoms with Crippen LogP contribution >= 0.6 is 0 Å².